The molecule has 0 radical (unpaired) electrons. The zero-order chi connectivity index (χ0) is 13.8. The minimum Gasteiger partial charge on any atom is -0.464 e. The van der Waals surface area contributed by atoms with E-state index < -0.39 is 0 Å². The molecule has 1 aromatic heterocycles. The number of hydrogen-bond acceptors (Lipinski definition) is 6. The van der Waals surface area contributed by atoms with Gasteiger partial charge in [-0.15, -0.1) is 0 Å². The molecule has 0 unspecified atom stereocenters. The zero-order valence-electron chi connectivity index (χ0n) is 9.93. The predicted molar refractivity (Wildman–Crippen MR) is 76.0 cm³/mol. The Morgan fingerprint density at radius 1 is 1.21 bits per heavy atom. The molecule has 0 aliphatic rings. The van der Waals surface area contributed by atoms with Crippen LogP contribution in [0.4, 0.5) is 5.95 Å². The number of aromatic nitrogens is 3. The van der Waals surface area contributed by atoms with Crippen molar-refractivity contribution in [3.05, 3.63) is 28.2 Å². The second-order valence-electron chi connectivity index (χ2n) is 3.37. The van der Waals surface area contributed by atoms with Crippen molar-refractivity contribution < 1.29 is 4.74 Å². The fourth-order valence-corrected chi connectivity index (χ4v) is 2.39. The van der Waals surface area contributed by atoms with Gasteiger partial charge in [0.1, 0.15) is 0 Å². The van der Waals surface area contributed by atoms with Crippen LogP contribution in [0.1, 0.15) is 6.92 Å². The Morgan fingerprint density at radius 3 is 2.68 bits per heavy atom. The van der Waals surface area contributed by atoms with Crippen LogP contribution in [0.3, 0.4) is 0 Å². The maximum atomic E-state index is 5.94. The third-order valence-corrected chi connectivity index (χ3v) is 3.58. The Kier molecular flexibility index (Phi) is 4.68. The molecule has 0 aliphatic carbocycles. The van der Waals surface area contributed by atoms with Crippen molar-refractivity contribution in [1.82, 2.24) is 15.0 Å². The van der Waals surface area contributed by atoms with Gasteiger partial charge >= 0.3 is 6.01 Å². The summed E-state index contributed by atoms with van der Waals surface area (Å²) in [4.78, 5) is 12.9. The molecule has 2 rings (SSSR count). The quantitative estimate of drug-likeness (QED) is 0.932. The summed E-state index contributed by atoms with van der Waals surface area (Å²) in [5, 5.41) is 1.41. The lowest BCUT2D eigenvalue weighted by atomic mass is 10.4. The molecule has 19 heavy (non-hydrogen) atoms. The van der Waals surface area contributed by atoms with E-state index in [1.54, 1.807) is 12.1 Å². The van der Waals surface area contributed by atoms with Crippen LogP contribution in [-0.4, -0.2) is 21.6 Å². The first-order chi connectivity index (χ1) is 9.08. The molecule has 0 amide bonds. The van der Waals surface area contributed by atoms with Crippen LogP contribution in [0.25, 0.3) is 0 Å². The largest absolute Gasteiger partial charge is 0.464 e. The van der Waals surface area contributed by atoms with E-state index in [1.807, 2.05) is 13.0 Å². The van der Waals surface area contributed by atoms with Gasteiger partial charge in [0.2, 0.25) is 11.1 Å². The van der Waals surface area contributed by atoms with Crippen LogP contribution in [-0.2, 0) is 0 Å². The molecule has 0 aliphatic heterocycles. The van der Waals surface area contributed by atoms with Crippen LogP contribution in [0.5, 0.6) is 6.01 Å². The number of anilines is 1. The molecule has 1 aromatic carbocycles. The third-order valence-electron chi connectivity index (χ3n) is 1.99. The highest BCUT2D eigenvalue weighted by molar-refractivity contribution is 7.99. The average Bonchev–Trinajstić information content (AvgIpc) is 2.33. The van der Waals surface area contributed by atoms with Crippen LogP contribution in [0.2, 0.25) is 10.0 Å². The van der Waals surface area contributed by atoms with Crippen molar-refractivity contribution >= 4 is 40.9 Å². The zero-order valence-corrected chi connectivity index (χ0v) is 12.3. The molecule has 0 saturated carbocycles. The van der Waals surface area contributed by atoms with Crippen LogP contribution in [0.15, 0.2) is 28.3 Å². The molecule has 0 spiro atoms. The third kappa shape index (κ3) is 3.86. The number of rotatable bonds is 4. The summed E-state index contributed by atoms with van der Waals surface area (Å²) < 4.78 is 5.21. The molecule has 0 bridgehead atoms. The normalized spacial score (nSPS) is 10.5. The van der Waals surface area contributed by atoms with Gasteiger partial charge in [0.25, 0.3) is 0 Å². The molecule has 1 heterocycles. The van der Waals surface area contributed by atoms with E-state index in [2.05, 4.69) is 15.0 Å². The minimum atomic E-state index is 0.112. The standard InChI is InChI=1S/C11H10Cl2N4OS/c1-2-18-10-15-9(14)16-11(17-10)19-6-3-4-7(12)8(13)5-6/h3-5H,2H2,1H3,(H2,14,15,16,17). The van der Waals surface area contributed by atoms with Gasteiger partial charge in [0.05, 0.1) is 16.7 Å². The van der Waals surface area contributed by atoms with E-state index in [0.717, 1.165) is 4.90 Å². The van der Waals surface area contributed by atoms with Gasteiger partial charge in [0.15, 0.2) is 0 Å². The van der Waals surface area contributed by atoms with Gasteiger partial charge in [-0.1, -0.05) is 23.2 Å². The molecule has 100 valence electrons. The SMILES string of the molecule is CCOc1nc(N)nc(Sc2ccc(Cl)c(Cl)c2)n1. The predicted octanol–water partition coefficient (Wildman–Crippen LogP) is 3.31. The topological polar surface area (TPSA) is 73.9 Å². The molecule has 2 aromatic rings. The number of nitrogens with two attached hydrogens (primary N) is 1. The van der Waals surface area contributed by atoms with Gasteiger partial charge in [-0.3, -0.25) is 0 Å². The van der Waals surface area contributed by atoms with E-state index in [0.29, 0.717) is 21.8 Å². The first kappa shape index (κ1) is 14.2. The number of ether oxygens (including phenoxy) is 1. The van der Waals surface area contributed by atoms with E-state index >= 15 is 0 Å². The molecule has 2 N–H and O–H groups in total. The Hall–Kier alpha value is -1.24. The van der Waals surface area contributed by atoms with Gasteiger partial charge in [-0.25, -0.2) is 0 Å². The molecular formula is C11H10Cl2N4OS. The lowest BCUT2D eigenvalue weighted by Crippen LogP contribution is -2.04. The highest BCUT2D eigenvalue weighted by atomic mass is 35.5. The van der Waals surface area contributed by atoms with E-state index in [9.17, 15) is 0 Å². The van der Waals surface area contributed by atoms with Crippen LogP contribution < -0.4 is 10.5 Å². The Bertz CT molecular complexity index is 597. The summed E-state index contributed by atoms with van der Waals surface area (Å²) in [6.07, 6.45) is 0. The van der Waals surface area contributed by atoms with E-state index in [1.165, 1.54) is 11.8 Å². The molecular weight excluding hydrogens is 307 g/mol. The van der Waals surface area contributed by atoms with Crippen molar-refractivity contribution in [2.24, 2.45) is 0 Å². The van der Waals surface area contributed by atoms with Gasteiger partial charge < -0.3 is 10.5 Å². The first-order valence-corrected chi connectivity index (χ1v) is 6.93. The van der Waals surface area contributed by atoms with Crippen molar-refractivity contribution in [2.45, 2.75) is 17.0 Å². The summed E-state index contributed by atoms with van der Waals surface area (Å²) in [6.45, 7) is 2.30. The van der Waals surface area contributed by atoms with Crippen molar-refractivity contribution in [3.8, 4) is 6.01 Å². The van der Waals surface area contributed by atoms with Crippen molar-refractivity contribution in [2.75, 3.05) is 12.3 Å². The molecule has 0 atom stereocenters. The summed E-state index contributed by atoms with van der Waals surface area (Å²) in [5.74, 6) is 0.112. The Morgan fingerprint density at radius 2 is 2.00 bits per heavy atom. The number of nitrogens with zero attached hydrogens (tertiary/aromatic N) is 3. The minimum absolute atomic E-state index is 0.112. The lowest BCUT2D eigenvalue weighted by molar-refractivity contribution is 0.308. The summed E-state index contributed by atoms with van der Waals surface area (Å²) in [7, 11) is 0. The van der Waals surface area contributed by atoms with Gasteiger partial charge in [-0.05, 0) is 36.9 Å². The molecule has 5 nitrogen and oxygen atoms in total. The van der Waals surface area contributed by atoms with Gasteiger partial charge in [0, 0.05) is 4.90 Å². The number of hydrogen-bond donors (Lipinski definition) is 1. The summed E-state index contributed by atoms with van der Waals surface area (Å²) in [5.41, 5.74) is 5.59. The maximum absolute atomic E-state index is 5.94. The number of nitrogen functional groups attached to an aromatic ring is 1. The second kappa shape index (κ2) is 6.27. The Balaban J connectivity index is 2.24. The monoisotopic (exact) mass is 316 g/mol. The first-order valence-electron chi connectivity index (χ1n) is 5.35. The molecule has 0 saturated heterocycles. The molecule has 8 heteroatoms. The molecule has 0 fully saturated rings. The van der Waals surface area contributed by atoms with E-state index in [4.69, 9.17) is 33.7 Å². The van der Waals surface area contributed by atoms with Crippen molar-refractivity contribution in [3.63, 3.8) is 0 Å². The summed E-state index contributed by atoms with van der Waals surface area (Å²) in [6, 6.07) is 5.46. The summed E-state index contributed by atoms with van der Waals surface area (Å²) >= 11 is 13.1. The highest BCUT2D eigenvalue weighted by Crippen LogP contribution is 2.31. The number of benzene rings is 1. The fourth-order valence-electron chi connectivity index (χ4n) is 1.24. The van der Waals surface area contributed by atoms with Gasteiger partial charge in [-0.2, -0.15) is 15.0 Å². The van der Waals surface area contributed by atoms with Crippen LogP contribution >= 0.6 is 35.0 Å². The highest BCUT2D eigenvalue weighted by Gasteiger charge is 2.08. The fraction of sp³-hybridized carbons (Fsp3) is 0.182. The smallest absolute Gasteiger partial charge is 0.322 e. The average molecular weight is 317 g/mol. The van der Waals surface area contributed by atoms with Crippen LogP contribution in [0, 0.1) is 0 Å². The maximum Gasteiger partial charge on any atom is 0.322 e. The Labute approximate surface area is 124 Å². The van der Waals surface area contributed by atoms with Crippen molar-refractivity contribution in [1.29, 1.82) is 0 Å². The lowest BCUT2D eigenvalue weighted by Gasteiger charge is -2.05. The second-order valence-corrected chi connectivity index (χ2v) is 5.22. The number of halogens is 2. The van der Waals surface area contributed by atoms with E-state index in [-0.39, 0.29) is 12.0 Å².